The van der Waals surface area contributed by atoms with E-state index in [1.807, 2.05) is 18.2 Å². The Bertz CT molecular complexity index is 697. The van der Waals surface area contributed by atoms with Gasteiger partial charge in [0.25, 0.3) is 5.91 Å². The van der Waals surface area contributed by atoms with Gasteiger partial charge in [0, 0.05) is 39.7 Å². The predicted octanol–water partition coefficient (Wildman–Crippen LogP) is 1.24. The zero-order chi connectivity index (χ0) is 16.1. The fourth-order valence-electron chi connectivity index (χ4n) is 2.19. The minimum absolute atomic E-state index is 0.155. The van der Waals surface area contributed by atoms with E-state index in [2.05, 4.69) is 4.98 Å². The van der Waals surface area contributed by atoms with Gasteiger partial charge in [0.05, 0.1) is 23.9 Å². The second kappa shape index (κ2) is 7.00. The van der Waals surface area contributed by atoms with Gasteiger partial charge in [-0.25, -0.2) is 0 Å². The highest BCUT2D eigenvalue weighted by Crippen LogP contribution is 2.19. The van der Waals surface area contributed by atoms with Gasteiger partial charge in [0.15, 0.2) is 0 Å². The smallest absolute Gasteiger partial charge is 0.255 e. The summed E-state index contributed by atoms with van der Waals surface area (Å²) >= 11 is 0. The largest absolute Gasteiger partial charge is 0.382 e. The fourth-order valence-corrected chi connectivity index (χ4v) is 2.19. The lowest BCUT2D eigenvalue weighted by atomic mass is 10.1. The topological polar surface area (TPSA) is 64.4 Å². The van der Waals surface area contributed by atoms with Crippen LogP contribution in [0.4, 0.5) is 0 Å². The van der Waals surface area contributed by atoms with Crippen LogP contribution in [0.25, 0.3) is 0 Å². The van der Waals surface area contributed by atoms with Crippen LogP contribution in [0.3, 0.4) is 0 Å². The van der Waals surface area contributed by atoms with Gasteiger partial charge in [-0.3, -0.25) is 14.6 Å². The Labute approximate surface area is 129 Å². The molecule has 2 heterocycles. The van der Waals surface area contributed by atoms with Crippen LogP contribution in [0.5, 0.6) is 0 Å². The Kier molecular flexibility index (Phi) is 5.06. The molecule has 0 saturated heterocycles. The van der Waals surface area contributed by atoms with Crippen LogP contribution in [0.2, 0.25) is 0 Å². The number of likely N-dealkylation sites (N-methyl/N-ethyl adjacent to an activating group) is 1. The number of methoxy groups -OCH3 is 1. The number of aryl methyl sites for hydroxylation is 1. The number of nitrogens with zero attached hydrogens (tertiary/aromatic N) is 3. The molecule has 0 saturated carbocycles. The molecule has 2 aromatic heterocycles. The lowest BCUT2D eigenvalue weighted by Gasteiger charge is -2.27. The molecule has 0 radical (unpaired) electrons. The van der Waals surface area contributed by atoms with E-state index < -0.39 is 0 Å². The molecule has 0 spiro atoms. The van der Waals surface area contributed by atoms with Crippen LogP contribution in [-0.4, -0.2) is 41.1 Å². The second-order valence-corrected chi connectivity index (χ2v) is 5.01. The Morgan fingerprint density at radius 1 is 1.36 bits per heavy atom. The van der Waals surface area contributed by atoms with E-state index in [9.17, 15) is 9.59 Å². The highest BCUT2D eigenvalue weighted by atomic mass is 16.5. The molecule has 0 aliphatic rings. The van der Waals surface area contributed by atoms with Crippen molar-refractivity contribution < 1.29 is 9.53 Å². The normalized spacial score (nSPS) is 12.0. The number of ether oxygens (including phenoxy) is 1. The van der Waals surface area contributed by atoms with E-state index >= 15 is 0 Å². The summed E-state index contributed by atoms with van der Waals surface area (Å²) in [5, 5.41) is 0. The molecule has 6 heteroatoms. The summed E-state index contributed by atoms with van der Waals surface area (Å²) in [4.78, 5) is 29.9. The van der Waals surface area contributed by atoms with Crippen molar-refractivity contribution in [2.24, 2.45) is 7.05 Å². The molecular weight excluding hydrogens is 282 g/mol. The molecule has 2 rings (SSSR count). The Hall–Kier alpha value is -2.47. The Morgan fingerprint density at radius 2 is 2.14 bits per heavy atom. The second-order valence-electron chi connectivity index (χ2n) is 5.01. The molecule has 1 atom stereocenters. The fraction of sp³-hybridized carbons (Fsp3) is 0.312. The van der Waals surface area contributed by atoms with Crippen molar-refractivity contribution >= 4 is 5.91 Å². The first kappa shape index (κ1) is 15.9. The van der Waals surface area contributed by atoms with Crippen molar-refractivity contribution in [2.45, 2.75) is 6.04 Å². The minimum atomic E-state index is -0.295. The van der Waals surface area contributed by atoms with Gasteiger partial charge in [-0.15, -0.1) is 0 Å². The number of aromatic nitrogens is 2. The zero-order valence-corrected chi connectivity index (χ0v) is 12.9. The standard InChI is InChI=1S/C16H19N3O3/c1-18-10-12(7-8-15(18)20)16(21)19(2)14(11-22-3)13-6-4-5-9-17-13/h4-10,14H,11H2,1-3H3/t14-/m0/s1. The summed E-state index contributed by atoms with van der Waals surface area (Å²) in [6, 6.07) is 8.17. The van der Waals surface area contributed by atoms with E-state index in [1.165, 1.54) is 22.9 Å². The third-order valence-corrected chi connectivity index (χ3v) is 3.47. The highest BCUT2D eigenvalue weighted by molar-refractivity contribution is 5.94. The van der Waals surface area contributed by atoms with Crippen molar-refractivity contribution in [3.05, 3.63) is 64.3 Å². The Balaban J connectivity index is 2.30. The van der Waals surface area contributed by atoms with Gasteiger partial charge < -0.3 is 14.2 Å². The van der Waals surface area contributed by atoms with Crippen LogP contribution in [-0.2, 0) is 11.8 Å². The summed E-state index contributed by atoms with van der Waals surface area (Å²) < 4.78 is 6.60. The van der Waals surface area contributed by atoms with Gasteiger partial charge >= 0.3 is 0 Å². The number of amides is 1. The van der Waals surface area contributed by atoms with Crippen LogP contribution in [0.1, 0.15) is 22.1 Å². The predicted molar refractivity (Wildman–Crippen MR) is 82.6 cm³/mol. The molecule has 0 aromatic carbocycles. The molecule has 1 amide bonds. The first-order valence-corrected chi connectivity index (χ1v) is 6.88. The van der Waals surface area contributed by atoms with E-state index in [1.54, 1.807) is 32.3 Å². The maximum Gasteiger partial charge on any atom is 0.255 e. The number of carbonyl (C=O) groups excluding carboxylic acids is 1. The summed E-state index contributed by atoms with van der Waals surface area (Å²) in [5.41, 5.74) is 1.05. The molecule has 0 N–H and O–H groups in total. The molecule has 0 unspecified atom stereocenters. The van der Waals surface area contributed by atoms with E-state index in [0.29, 0.717) is 12.2 Å². The van der Waals surface area contributed by atoms with Gasteiger partial charge in [-0.1, -0.05) is 6.07 Å². The van der Waals surface area contributed by atoms with Crippen molar-refractivity contribution in [3.63, 3.8) is 0 Å². The van der Waals surface area contributed by atoms with Gasteiger partial charge in [-0.2, -0.15) is 0 Å². The molecule has 0 bridgehead atoms. The van der Waals surface area contributed by atoms with Crippen molar-refractivity contribution in [1.82, 2.24) is 14.5 Å². The maximum atomic E-state index is 12.6. The Morgan fingerprint density at radius 3 is 2.73 bits per heavy atom. The first-order chi connectivity index (χ1) is 10.5. The third-order valence-electron chi connectivity index (χ3n) is 3.47. The summed E-state index contributed by atoms with van der Waals surface area (Å²) in [6.45, 7) is 0.338. The summed E-state index contributed by atoms with van der Waals surface area (Å²) in [5.74, 6) is -0.191. The lowest BCUT2D eigenvalue weighted by Crippen LogP contribution is -2.35. The molecule has 116 valence electrons. The first-order valence-electron chi connectivity index (χ1n) is 6.88. The van der Waals surface area contributed by atoms with Crippen molar-refractivity contribution in [3.8, 4) is 0 Å². The van der Waals surface area contributed by atoms with Crippen LogP contribution in [0, 0.1) is 0 Å². The van der Waals surface area contributed by atoms with E-state index in [4.69, 9.17) is 4.74 Å². The SMILES string of the molecule is COC[C@@H](c1ccccn1)N(C)C(=O)c1ccc(=O)n(C)c1. The monoisotopic (exact) mass is 301 g/mol. The zero-order valence-electron chi connectivity index (χ0n) is 12.9. The van der Waals surface area contributed by atoms with Crippen LogP contribution in [0.15, 0.2) is 47.5 Å². The molecule has 0 aliphatic heterocycles. The summed E-state index contributed by atoms with van der Waals surface area (Å²) in [7, 11) is 4.90. The average molecular weight is 301 g/mol. The van der Waals surface area contributed by atoms with E-state index in [-0.39, 0.29) is 17.5 Å². The maximum absolute atomic E-state index is 12.6. The highest BCUT2D eigenvalue weighted by Gasteiger charge is 2.24. The molecule has 0 aliphatic carbocycles. The number of rotatable bonds is 5. The molecule has 22 heavy (non-hydrogen) atoms. The van der Waals surface area contributed by atoms with Gasteiger partial charge in [0.1, 0.15) is 0 Å². The van der Waals surface area contributed by atoms with E-state index in [0.717, 1.165) is 5.69 Å². The van der Waals surface area contributed by atoms with Crippen LogP contribution < -0.4 is 5.56 Å². The lowest BCUT2D eigenvalue weighted by molar-refractivity contribution is 0.0594. The molecule has 0 fully saturated rings. The minimum Gasteiger partial charge on any atom is -0.382 e. The molecule has 2 aromatic rings. The third kappa shape index (κ3) is 3.40. The van der Waals surface area contributed by atoms with Gasteiger partial charge in [-0.05, 0) is 18.2 Å². The molecular formula is C16H19N3O3. The number of pyridine rings is 2. The van der Waals surface area contributed by atoms with Gasteiger partial charge in [0.2, 0.25) is 5.56 Å². The quantitative estimate of drug-likeness (QED) is 0.833. The van der Waals surface area contributed by atoms with Crippen LogP contribution >= 0.6 is 0 Å². The number of hydrogen-bond acceptors (Lipinski definition) is 4. The van der Waals surface area contributed by atoms with Crippen molar-refractivity contribution in [1.29, 1.82) is 0 Å². The number of hydrogen-bond donors (Lipinski definition) is 0. The van der Waals surface area contributed by atoms with Crippen molar-refractivity contribution in [2.75, 3.05) is 20.8 Å². The summed E-state index contributed by atoms with van der Waals surface area (Å²) in [6.07, 6.45) is 3.21. The average Bonchev–Trinajstić information content (AvgIpc) is 2.54. The molecule has 6 nitrogen and oxygen atoms in total. The number of carbonyl (C=O) groups is 1.